The van der Waals surface area contributed by atoms with Gasteiger partial charge in [-0.25, -0.2) is 4.98 Å². The molecule has 0 aliphatic rings. The van der Waals surface area contributed by atoms with Crippen LogP contribution in [0.3, 0.4) is 0 Å². The standard InChI is InChI=1S/C17H18N4O/c1-21-16(14-6-3-7-15(9-14)22-2)12-20-17(21)19-11-13-5-4-8-18-10-13/h3-10,12H,11H2,1-2H3,(H,19,20). The fourth-order valence-electron chi connectivity index (χ4n) is 2.31. The van der Waals surface area contributed by atoms with E-state index in [1.165, 1.54) is 0 Å². The van der Waals surface area contributed by atoms with E-state index in [1.54, 1.807) is 13.3 Å². The molecule has 112 valence electrons. The molecule has 0 radical (unpaired) electrons. The zero-order valence-electron chi connectivity index (χ0n) is 12.7. The van der Waals surface area contributed by atoms with Gasteiger partial charge in [0.1, 0.15) is 5.75 Å². The summed E-state index contributed by atoms with van der Waals surface area (Å²) in [4.78, 5) is 8.56. The Labute approximate surface area is 129 Å². The number of nitrogens with one attached hydrogen (secondary N) is 1. The second-order valence-corrected chi connectivity index (χ2v) is 4.97. The molecule has 0 spiro atoms. The van der Waals surface area contributed by atoms with Gasteiger partial charge in [-0.05, 0) is 23.8 Å². The van der Waals surface area contributed by atoms with E-state index in [2.05, 4.69) is 15.3 Å². The SMILES string of the molecule is COc1cccc(-c2cnc(NCc3cccnc3)n2C)c1. The topological polar surface area (TPSA) is 52.0 Å². The van der Waals surface area contributed by atoms with Crippen molar-refractivity contribution in [3.8, 4) is 17.0 Å². The molecule has 0 bridgehead atoms. The normalized spacial score (nSPS) is 10.5. The molecule has 0 saturated heterocycles. The average molecular weight is 294 g/mol. The average Bonchev–Trinajstić information content (AvgIpc) is 2.95. The van der Waals surface area contributed by atoms with E-state index < -0.39 is 0 Å². The van der Waals surface area contributed by atoms with Crippen molar-refractivity contribution in [2.75, 3.05) is 12.4 Å². The molecule has 1 aromatic carbocycles. The molecule has 2 heterocycles. The number of anilines is 1. The van der Waals surface area contributed by atoms with E-state index in [1.807, 2.05) is 60.4 Å². The van der Waals surface area contributed by atoms with E-state index in [0.29, 0.717) is 6.54 Å². The lowest BCUT2D eigenvalue weighted by atomic mass is 10.1. The lowest BCUT2D eigenvalue weighted by Gasteiger charge is -2.09. The fraction of sp³-hybridized carbons (Fsp3) is 0.176. The van der Waals surface area contributed by atoms with Gasteiger partial charge in [0, 0.05) is 31.5 Å². The highest BCUT2D eigenvalue weighted by atomic mass is 16.5. The Morgan fingerprint density at radius 1 is 1.18 bits per heavy atom. The van der Waals surface area contributed by atoms with E-state index in [9.17, 15) is 0 Å². The molecule has 0 unspecified atom stereocenters. The minimum absolute atomic E-state index is 0.691. The molecule has 3 aromatic rings. The van der Waals surface area contributed by atoms with Crippen molar-refractivity contribution in [2.24, 2.45) is 7.05 Å². The summed E-state index contributed by atoms with van der Waals surface area (Å²) in [6.07, 6.45) is 5.48. The maximum atomic E-state index is 5.28. The first-order valence-corrected chi connectivity index (χ1v) is 7.07. The van der Waals surface area contributed by atoms with Crippen molar-refractivity contribution in [3.05, 3.63) is 60.6 Å². The van der Waals surface area contributed by atoms with Gasteiger partial charge >= 0.3 is 0 Å². The zero-order chi connectivity index (χ0) is 15.4. The van der Waals surface area contributed by atoms with Crippen molar-refractivity contribution in [2.45, 2.75) is 6.54 Å². The van der Waals surface area contributed by atoms with Crippen molar-refractivity contribution in [1.82, 2.24) is 14.5 Å². The Morgan fingerprint density at radius 3 is 2.86 bits per heavy atom. The molecule has 0 amide bonds. The number of methoxy groups -OCH3 is 1. The Hall–Kier alpha value is -2.82. The van der Waals surface area contributed by atoms with Gasteiger partial charge in [0.2, 0.25) is 5.95 Å². The number of aromatic nitrogens is 3. The number of pyridine rings is 1. The van der Waals surface area contributed by atoms with Gasteiger partial charge < -0.3 is 14.6 Å². The monoisotopic (exact) mass is 294 g/mol. The van der Waals surface area contributed by atoms with Gasteiger partial charge in [0.25, 0.3) is 0 Å². The van der Waals surface area contributed by atoms with Crippen LogP contribution in [0.25, 0.3) is 11.3 Å². The largest absolute Gasteiger partial charge is 0.497 e. The van der Waals surface area contributed by atoms with E-state index >= 15 is 0 Å². The first-order chi connectivity index (χ1) is 10.8. The second kappa shape index (κ2) is 6.30. The van der Waals surface area contributed by atoms with Crippen LogP contribution in [0.15, 0.2) is 55.0 Å². The van der Waals surface area contributed by atoms with E-state index in [0.717, 1.165) is 28.5 Å². The summed E-state index contributed by atoms with van der Waals surface area (Å²) >= 11 is 0. The third kappa shape index (κ3) is 2.93. The minimum Gasteiger partial charge on any atom is -0.497 e. The van der Waals surface area contributed by atoms with Gasteiger partial charge in [-0.3, -0.25) is 4.98 Å². The molecular weight excluding hydrogens is 276 g/mol. The predicted molar refractivity (Wildman–Crippen MR) is 86.8 cm³/mol. The van der Waals surface area contributed by atoms with Crippen LogP contribution in [0.2, 0.25) is 0 Å². The summed E-state index contributed by atoms with van der Waals surface area (Å²) < 4.78 is 7.31. The number of imidazole rings is 1. The summed E-state index contributed by atoms with van der Waals surface area (Å²) in [5.41, 5.74) is 3.23. The molecular formula is C17H18N4O. The lowest BCUT2D eigenvalue weighted by molar-refractivity contribution is 0.415. The third-order valence-corrected chi connectivity index (χ3v) is 3.53. The Balaban J connectivity index is 1.79. The Kier molecular flexibility index (Phi) is 4.05. The molecule has 0 atom stereocenters. The number of rotatable bonds is 5. The highest BCUT2D eigenvalue weighted by Crippen LogP contribution is 2.25. The maximum absolute atomic E-state index is 5.28. The molecule has 5 heteroatoms. The molecule has 3 rings (SSSR count). The first kappa shape index (κ1) is 14.1. The molecule has 0 aliphatic carbocycles. The molecule has 0 saturated carbocycles. The molecule has 2 aromatic heterocycles. The lowest BCUT2D eigenvalue weighted by Crippen LogP contribution is -2.05. The zero-order valence-corrected chi connectivity index (χ0v) is 12.7. The number of hydrogen-bond donors (Lipinski definition) is 1. The molecule has 22 heavy (non-hydrogen) atoms. The Morgan fingerprint density at radius 2 is 2.09 bits per heavy atom. The van der Waals surface area contributed by atoms with Crippen LogP contribution in [-0.2, 0) is 13.6 Å². The minimum atomic E-state index is 0.691. The summed E-state index contributed by atoms with van der Waals surface area (Å²) in [7, 11) is 3.66. The van der Waals surface area contributed by atoms with Crippen LogP contribution in [-0.4, -0.2) is 21.6 Å². The first-order valence-electron chi connectivity index (χ1n) is 7.07. The molecule has 5 nitrogen and oxygen atoms in total. The van der Waals surface area contributed by atoms with Gasteiger partial charge in [-0.1, -0.05) is 18.2 Å². The fourth-order valence-corrected chi connectivity index (χ4v) is 2.31. The quantitative estimate of drug-likeness (QED) is 0.785. The van der Waals surface area contributed by atoms with Crippen molar-refractivity contribution in [1.29, 1.82) is 0 Å². The predicted octanol–water partition coefficient (Wildman–Crippen LogP) is 3.10. The van der Waals surface area contributed by atoms with E-state index in [-0.39, 0.29) is 0 Å². The number of ether oxygens (including phenoxy) is 1. The molecule has 0 fully saturated rings. The van der Waals surface area contributed by atoms with Crippen LogP contribution in [0.4, 0.5) is 5.95 Å². The smallest absolute Gasteiger partial charge is 0.203 e. The van der Waals surface area contributed by atoms with Crippen LogP contribution in [0, 0.1) is 0 Å². The van der Waals surface area contributed by atoms with Gasteiger partial charge in [0.05, 0.1) is 19.0 Å². The Bertz CT molecular complexity index is 752. The van der Waals surface area contributed by atoms with Gasteiger partial charge in [-0.15, -0.1) is 0 Å². The number of hydrogen-bond acceptors (Lipinski definition) is 4. The highest BCUT2D eigenvalue weighted by molar-refractivity contribution is 5.63. The van der Waals surface area contributed by atoms with Gasteiger partial charge in [0.15, 0.2) is 0 Å². The number of benzene rings is 1. The summed E-state index contributed by atoms with van der Waals surface area (Å²) in [6, 6.07) is 11.9. The molecule has 0 aliphatic heterocycles. The molecule has 1 N–H and O–H groups in total. The third-order valence-electron chi connectivity index (χ3n) is 3.53. The van der Waals surface area contributed by atoms with Crippen LogP contribution in [0.5, 0.6) is 5.75 Å². The van der Waals surface area contributed by atoms with Crippen LogP contribution < -0.4 is 10.1 Å². The highest BCUT2D eigenvalue weighted by Gasteiger charge is 2.09. The second-order valence-electron chi connectivity index (χ2n) is 4.97. The maximum Gasteiger partial charge on any atom is 0.203 e. The van der Waals surface area contributed by atoms with Crippen molar-refractivity contribution in [3.63, 3.8) is 0 Å². The summed E-state index contributed by atoms with van der Waals surface area (Å²) in [5, 5.41) is 3.33. The number of nitrogens with zero attached hydrogens (tertiary/aromatic N) is 3. The van der Waals surface area contributed by atoms with Crippen molar-refractivity contribution >= 4 is 5.95 Å². The summed E-state index contributed by atoms with van der Waals surface area (Å²) in [6.45, 7) is 0.691. The summed E-state index contributed by atoms with van der Waals surface area (Å²) in [5.74, 6) is 1.66. The van der Waals surface area contributed by atoms with Crippen molar-refractivity contribution < 1.29 is 4.74 Å². The van der Waals surface area contributed by atoms with E-state index in [4.69, 9.17) is 4.74 Å². The van der Waals surface area contributed by atoms with Crippen LogP contribution in [0.1, 0.15) is 5.56 Å². The van der Waals surface area contributed by atoms with Gasteiger partial charge in [-0.2, -0.15) is 0 Å². The van der Waals surface area contributed by atoms with Crippen LogP contribution >= 0.6 is 0 Å².